The van der Waals surface area contributed by atoms with Gasteiger partial charge >= 0.3 is 24.1 Å². The Hall–Kier alpha value is -2.28. The number of unbranched alkanes of at least 4 members (excludes halogenated alkanes) is 10. The quantitative estimate of drug-likeness (QED) is 0.112. The minimum atomic E-state index is -5.24. The lowest BCUT2D eigenvalue weighted by atomic mass is 10.1. The maximum Gasteiger partial charge on any atom is 0.471 e. The van der Waals surface area contributed by atoms with Gasteiger partial charge < -0.3 is 21.3 Å². The summed E-state index contributed by atoms with van der Waals surface area (Å²) in [5.74, 6) is -5.20. The van der Waals surface area contributed by atoms with Gasteiger partial charge in [0.15, 0.2) is 6.10 Å². The minimum Gasteiger partial charge on any atom is -0.479 e. The summed E-state index contributed by atoms with van der Waals surface area (Å²) < 4.78 is 38.4. The van der Waals surface area contributed by atoms with Crippen molar-refractivity contribution >= 4 is 35.6 Å². The van der Waals surface area contributed by atoms with Crippen molar-refractivity contribution in [1.82, 2.24) is 10.2 Å². The zero-order valence-electron chi connectivity index (χ0n) is 22.9. The Morgan fingerprint density at radius 3 is 2.00 bits per heavy atom. The van der Waals surface area contributed by atoms with Gasteiger partial charge in [0.25, 0.3) is 5.91 Å². The molecule has 0 rings (SSSR count). The van der Waals surface area contributed by atoms with Crippen LogP contribution < -0.4 is 11.1 Å². The highest BCUT2D eigenvalue weighted by atomic mass is 32.2. The molecule has 2 unspecified atom stereocenters. The van der Waals surface area contributed by atoms with Gasteiger partial charge in [0.05, 0.1) is 0 Å². The summed E-state index contributed by atoms with van der Waals surface area (Å²) in [5, 5.41) is 19.7. The SMILES string of the molecule is CCCCCCCCCCCC/C=C\[C@H](CCC(O)C(=O)O)SCC(NC(=O)C(F)(F)F)C(=O)N(C)C(N)=O. The van der Waals surface area contributed by atoms with Crippen molar-refractivity contribution in [3.63, 3.8) is 0 Å². The van der Waals surface area contributed by atoms with Crippen molar-refractivity contribution in [3.8, 4) is 0 Å². The molecule has 0 aliphatic heterocycles. The Labute approximate surface area is 233 Å². The normalized spacial score (nSPS) is 14.1. The molecule has 9 nitrogen and oxygen atoms in total. The summed E-state index contributed by atoms with van der Waals surface area (Å²) in [6, 6.07) is -2.90. The number of aliphatic hydroxyl groups excluding tert-OH is 1. The van der Waals surface area contributed by atoms with Crippen LogP contribution in [0.15, 0.2) is 12.2 Å². The van der Waals surface area contributed by atoms with Gasteiger partial charge in [-0.25, -0.2) is 9.59 Å². The van der Waals surface area contributed by atoms with Gasteiger partial charge in [-0.05, 0) is 25.7 Å². The van der Waals surface area contributed by atoms with Crippen LogP contribution in [0.3, 0.4) is 0 Å². The number of halogens is 3. The number of amides is 4. The first-order chi connectivity index (χ1) is 18.3. The topological polar surface area (TPSA) is 150 Å². The third kappa shape index (κ3) is 17.8. The Morgan fingerprint density at radius 1 is 0.974 bits per heavy atom. The molecule has 0 aromatic carbocycles. The number of carboxylic acids is 1. The Bertz CT molecular complexity index is 783. The summed E-state index contributed by atoms with van der Waals surface area (Å²) in [6.07, 6.45) is 9.41. The monoisotopic (exact) mass is 583 g/mol. The average molecular weight is 584 g/mol. The minimum absolute atomic E-state index is 0.121. The van der Waals surface area contributed by atoms with Crippen LogP contribution in [0.2, 0.25) is 0 Å². The van der Waals surface area contributed by atoms with E-state index in [2.05, 4.69) is 6.92 Å². The molecule has 3 atom stereocenters. The van der Waals surface area contributed by atoms with E-state index in [1.807, 2.05) is 6.08 Å². The molecule has 4 amide bonds. The van der Waals surface area contributed by atoms with Gasteiger partial charge in [0.2, 0.25) is 0 Å². The second-order valence-electron chi connectivity index (χ2n) is 9.46. The molecule has 13 heteroatoms. The number of urea groups is 1. The summed E-state index contributed by atoms with van der Waals surface area (Å²) in [7, 11) is 0.981. The maximum absolute atomic E-state index is 12.8. The predicted octanol–water partition coefficient (Wildman–Crippen LogP) is 4.77. The molecule has 0 spiro atoms. The fourth-order valence-corrected chi connectivity index (χ4v) is 4.85. The molecule has 0 aromatic rings. The molecular weight excluding hydrogens is 539 g/mol. The molecule has 0 bridgehead atoms. The van der Waals surface area contributed by atoms with Crippen molar-refractivity contribution in [2.45, 2.75) is 114 Å². The van der Waals surface area contributed by atoms with Gasteiger partial charge in [-0.15, -0.1) is 0 Å². The number of carbonyl (C=O) groups excluding carboxylic acids is 3. The van der Waals surface area contributed by atoms with E-state index < -0.39 is 47.4 Å². The number of alkyl halides is 3. The lowest BCUT2D eigenvalue weighted by Gasteiger charge is -2.24. The maximum atomic E-state index is 12.8. The smallest absolute Gasteiger partial charge is 0.471 e. The lowest BCUT2D eigenvalue weighted by molar-refractivity contribution is -0.174. The third-order valence-electron chi connectivity index (χ3n) is 6.08. The van der Waals surface area contributed by atoms with E-state index in [9.17, 15) is 37.5 Å². The summed E-state index contributed by atoms with van der Waals surface area (Å²) in [4.78, 5) is 46.7. The van der Waals surface area contributed by atoms with E-state index in [0.29, 0.717) is 4.90 Å². The summed E-state index contributed by atoms with van der Waals surface area (Å²) in [5.41, 5.74) is 5.04. The number of aliphatic carboxylic acids is 1. The predicted molar refractivity (Wildman–Crippen MR) is 145 cm³/mol. The van der Waals surface area contributed by atoms with E-state index in [4.69, 9.17) is 10.8 Å². The molecule has 0 aromatic heterocycles. The number of primary amides is 1. The van der Waals surface area contributed by atoms with Crippen LogP contribution in [0.1, 0.15) is 90.4 Å². The number of nitrogens with one attached hydrogen (secondary N) is 1. The Balaban J connectivity index is 5.00. The van der Waals surface area contributed by atoms with Crippen molar-refractivity contribution in [1.29, 1.82) is 0 Å². The number of nitrogens with two attached hydrogens (primary N) is 1. The zero-order valence-corrected chi connectivity index (χ0v) is 23.7. The molecule has 0 aliphatic rings. The van der Waals surface area contributed by atoms with Gasteiger partial charge in [-0.3, -0.25) is 14.5 Å². The molecule has 0 saturated heterocycles. The number of hydrogen-bond donors (Lipinski definition) is 4. The first-order valence-corrected chi connectivity index (χ1v) is 14.5. The van der Waals surface area contributed by atoms with Gasteiger partial charge in [-0.2, -0.15) is 24.9 Å². The fraction of sp³-hybridized carbons (Fsp3) is 0.769. The van der Waals surface area contributed by atoms with Crippen molar-refractivity contribution in [2.24, 2.45) is 5.73 Å². The number of nitrogens with zero attached hydrogens (tertiary/aromatic N) is 1. The number of imide groups is 1. The second-order valence-corrected chi connectivity index (χ2v) is 10.7. The molecule has 0 fully saturated rings. The van der Waals surface area contributed by atoms with Crippen molar-refractivity contribution < 1.29 is 42.6 Å². The van der Waals surface area contributed by atoms with Crippen LogP contribution in [-0.2, 0) is 14.4 Å². The van der Waals surface area contributed by atoms with Crippen LogP contribution in [0.5, 0.6) is 0 Å². The molecule has 39 heavy (non-hydrogen) atoms. The van der Waals surface area contributed by atoms with Crippen molar-refractivity contribution in [3.05, 3.63) is 12.2 Å². The van der Waals surface area contributed by atoms with Crippen LogP contribution >= 0.6 is 11.8 Å². The number of aliphatic hydroxyl groups is 1. The molecule has 5 N–H and O–H groups in total. The van der Waals surface area contributed by atoms with Crippen LogP contribution in [0.25, 0.3) is 0 Å². The molecule has 0 radical (unpaired) electrons. The highest BCUT2D eigenvalue weighted by molar-refractivity contribution is 8.00. The largest absolute Gasteiger partial charge is 0.479 e. The Kier molecular flexibility index (Phi) is 19.4. The van der Waals surface area contributed by atoms with E-state index in [1.54, 1.807) is 11.4 Å². The number of thioether (sulfide) groups is 1. The summed E-state index contributed by atoms with van der Waals surface area (Å²) >= 11 is 1.00. The first-order valence-electron chi connectivity index (χ1n) is 13.4. The molecule has 0 heterocycles. The molecule has 226 valence electrons. The lowest BCUT2D eigenvalue weighted by Crippen LogP contribution is -2.54. The zero-order chi connectivity index (χ0) is 29.8. The molecule has 0 aliphatic carbocycles. The Morgan fingerprint density at radius 2 is 1.51 bits per heavy atom. The number of carboxylic acid groups (broad SMARTS) is 1. The fourth-order valence-electron chi connectivity index (χ4n) is 3.66. The van der Waals surface area contributed by atoms with Gasteiger partial charge in [0, 0.05) is 18.1 Å². The molecular formula is C26H44F3N3O6S. The van der Waals surface area contributed by atoms with Gasteiger partial charge in [0.1, 0.15) is 6.04 Å². The second kappa shape index (κ2) is 20.6. The first kappa shape index (κ1) is 36.7. The number of allylic oxidation sites excluding steroid dienone is 1. The number of rotatable bonds is 21. The van der Waals surface area contributed by atoms with E-state index >= 15 is 0 Å². The molecule has 0 saturated carbocycles. The van der Waals surface area contributed by atoms with E-state index in [0.717, 1.165) is 44.5 Å². The van der Waals surface area contributed by atoms with E-state index in [1.165, 1.54) is 44.9 Å². The number of hydrogen-bond acceptors (Lipinski definition) is 6. The van der Waals surface area contributed by atoms with Crippen molar-refractivity contribution in [2.75, 3.05) is 12.8 Å². The summed E-state index contributed by atoms with van der Waals surface area (Å²) in [6.45, 7) is 2.19. The highest BCUT2D eigenvalue weighted by Gasteiger charge is 2.41. The standard InChI is InChI=1S/C26H44F3N3O6S/c1-3-4-5-6-7-8-9-10-11-12-13-14-15-19(16-17-21(33)23(35)36)39-18-20(22(34)32(2)25(30)38)31-24(37)26(27,28)29/h14-15,19-21,33H,3-13,16-18H2,1-2H3,(H2,30,38)(H,31,37)(H,35,36)/b15-14-/t19-,20?,21?/m1/s1. The van der Waals surface area contributed by atoms with Crippen LogP contribution in [0, 0.1) is 0 Å². The van der Waals surface area contributed by atoms with Crippen LogP contribution in [0.4, 0.5) is 18.0 Å². The highest BCUT2D eigenvalue weighted by Crippen LogP contribution is 2.23. The van der Waals surface area contributed by atoms with E-state index in [-0.39, 0.29) is 18.6 Å². The number of likely N-dealkylation sites (N-methyl/N-ethyl adjacent to an activating group) is 1. The number of carbonyl (C=O) groups is 4. The van der Waals surface area contributed by atoms with Gasteiger partial charge in [-0.1, -0.05) is 76.9 Å². The average Bonchev–Trinajstić information content (AvgIpc) is 2.87. The van der Waals surface area contributed by atoms with Crippen LogP contribution in [-0.4, -0.2) is 75.3 Å². The third-order valence-corrected chi connectivity index (χ3v) is 7.43.